The fourth-order valence-corrected chi connectivity index (χ4v) is 2.49. The summed E-state index contributed by atoms with van der Waals surface area (Å²) in [6.45, 7) is 4.00. The number of fused-ring (bicyclic) bond motifs is 1. The number of carbonyl (C=O) groups is 1. The minimum Gasteiger partial charge on any atom is -0.497 e. The van der Waals surface area contributed by atoms with Gasteiger partial charge in [0.2, 0.25) is 11.9 Å². The van der Waals surface area contributed by atoms with Gasteiger partial charge in [-0.15, -0.1) is 5.10 Å². The topological polar surface area (TPSA) is 68.5 Å². The van der Waals surface area contributed by atoms with Crippen LogP contribution in [0.2, 0.25) is 0 Å². The van der Waals surface area contributed by atoms with E-state index in [2.05, 4.69) is 15.4 Å². The molecule has 0 aliphatic carbocycles. The third-order valence-electron chi connectivity index (χ3n) is 3.59. The zero-order valence-electron chi connectivity index (χ0n) is 14.0. The van der Waals surface area contributed by atoms with E-state index in [1.54, 1.807) is 11.6 Å². The van der Waals surface area contributed by atoms with Gasteiger partial charge in [-0.1, -0.05) is 19.9 Å². The van der Waals surface area contributed by atoms with E-state index in [-0.39, 0.29) is 11.8 Å². The van der Waals surface area contributed by atoms with Crippen molar-refractivity contribution in [3.8, 4) is 17.0 Å². The monoisotopic (exact) mass is 324 g/mol. The number of pyridine rings is 1. The normalized spacial score (nSPS) is 11.0. The van der Waals surface area contributed by atoms with Gasteiger partial charge in [0.05, 0.1) is 12.8 Å². The second kappa shape index (κ2) is 6.70. The zero-order valence-corrected chi connectivity index (χ0v) is 14.0. The lowest BCUT2D eigenvalue weighted by molar-refractivity contribution is -0.116. The van der Waals surface area contributed by atoms with Gasteiger partial charge in [0.25, 0.3) is 0 Å². The number of aromatic nitrogens is 3. The van der Waals surface area contributed by atoms with Crippen LogP contribution in [0.5, 0.6) is 5.75 Å². The smallest absolute Gasteiger partial charge is 0.249 e. The number of nitrogens with one attached hydrogen (secondary N) is 1. The average Bonchev–Trinajstić information content (AvgIpc) is 2.96. The number of amides is 1. The van der Waals surface area contributed by atoms with Crippen molar-refractivity contribution < 1.29 is 9.53 Å². The molecule has 0 aliphatic rings. The van der Waals surface area contributed by atoms with Crippen molar-refractivity contribution in [2.75, 3.05) is 12.4 Å². The van der Waals surface area contributed by atoms with Crippen LogP contribution in [0.4, 0.5) is 5.95 Å². The minimum atomic E-state index is -0.0769. The highest BCUT2D eigenvalue weighted by molar-refractivity contribution is 5.89. The summed E-state index contributed by atoms with van der Waals surface area (Å²) < 4.78 is 6.92. The number of nitrogens with zero attached hydrogens (tertiary/aromatic N) is 3. The highest BCUT2D eigenvalue weighted by Crippen LogP contribution is 2.23. The number of ether oxygens (including phenoxy) is 1. The van der Waals surface area contributed by atoms with Crippen LogP contribution in [-0.2, 0) is 4.79 Å². The quantitative estimate of drug-likeness (QED) is 0.781. The molecule has 3 aromatic rings. The number of hydrogen-bond donors (Lipinski definition) is 1. The molecule has 0 atom stereocenters. The van der Waals surface area contributed by atoms with Gasteiger partial charge < -0.3 is 4.74 Å². The van der Waals surface area contributed by atoms with Crippen LogP contribution < -0.4 is 10.1 Å². The Morgan fingerprint density at radius 3 is 2.62 bits per heavy atom. The minimum absolute atomic E-state index is 0.0769. The SMILES string of the molecule is COc1ccc(-c2cccc3nc(NC(=O)CC(C)C)nn23)cc1. The Bertz CT molecular complexity index is 853. The first-order chi connectivity index (χ1) is 11.6. The first kappa shape index (κ1) is 16.0. The molecule has 0 saturated heterocycles. The summed E-state index contributed by atoms with van der Waals surface area (Å²) in [6.07, 6.45) is 0.445. The van der Waals surface area contributed by atoms with E-state index in [0.29, 0.717) is 18.0 Å². The van der Waals surface area contributed by atoms with Gasteiger partial charge in [-0.05, 0) is 42.3 Å². The Morgan fingerprint density at radius 2 is 1.96 bits per heavy atom. The van der Waals surface area contributed by atoms with Crippen molar-refractivity contribution in [1.82, 2.24) is 14.6 Å². The molecule has 0 fully saturated rings. The van der Waals surface area contributed by atoms with E-state index in [1.165, 1.54) is 0 Å². The molecular formula is C18H20N4O2. The van der Waals surface area contributed by atoms with Gasteiger partial charge in [-0.3, -0.25) is 10.1 Å². The largest absolute Gasteiger partial charge is 0.497 e. The number of carbonyl (C=O) groups excluding carboxylic acids is 1. The standard InChI is InChI=1S/C18H20N4O2/c1-12(2)11-17(23)20-18-19-16-6-4-5-15(22(16)21-18)13-7-9-14(24-3)10-8-13/h4-10,12H,11H2,1-3H3,(H,20,21,23). The fourth-order valence-electron chi connectivity index (χ4n) is 2.49. The van der Waals surface area contributed by atoms with Crippen molar-refractivity contribution in [2.45, 2.75) is 20.3 Å². The maximum Gasteiger partial charge on any atom is 0.249 e. The van der Waals surface area contributed by atoms with E-state index < -0.39 is 0 Å². The Kier molecular flexibility index (Phi) is 4.46. The number of anilines is 1. The van der Waals surface area contributed by atoms with Crippen LogP contribution >= 0.6 is 0 Å². The molecular weight excluding hydrogens is 304 g/mol. The van der Waals surface area contributed by atoms with Gasteiger partial charge in [0, 0.05) is 12.0 Å². The molecule has 2 aromatic heterocycles. The maximum atomic E-state index is 11.9. The lowest BCUT2D eigenvalue weighted by Crippen LogP contribution is -2.14. The van der Waals surface area contributed by atoms with Crippen LogP contribution in [-0.4, -0.2) is 27.6 Å². The fraction of sp³-hybridized carbons (Fsp3) is 0.278. The molecule has 124 valence electrons. The van der Waals surface area contributed by atoms with Crippen molar-refractivity contribution in [3.63, 3.8) is 0 Å². The molecule has 0 bridgehead atoms. The molecule has 2 heterocycles. The van der Waals surface area contributed by atoms with Crippen molar-refractivity contribution in [1.29, 1.82) is 0 Å². The van der Waals surface area contributed by atoms with E-state index in [9.17, 15) is 4.79 Å². The molecule has 0 radical (unpaired) electrons. The summed E-state index contributed by atoms with van der Waals surface area (Å²) in [6, 6.07) is 13.5. The highest BCUT2D eigenvalue weighted by atomic mass is 16.5. The summed E-state index contributed by atoms with van der Waals surface area (Å²) in [5, 5.41) is 7.18. The molecule has 0 saturated carbocycles. The van der Waals surface area contributed by atoms with Crippen LogP contribution in [0.25, 0.3) is 16.9 Å². The molecule has 24 heavy (non-hydrogen) atoms. The van der Waals surface area contributed by atoms with Gasteiger partial charge in [-0.25, -0.2) is 4.52 Å². The van der Waals surface area contributed by atoms with Crippen LogP contribution in [0.15, 0.2) is 42.5 Å². The van der Waals surface area contributed by atoms with E-state index in [1.807, 2.05) is 56.3 Å². The molecule has 1 amide bonds. The number of hydrogen-bond acceptors (Lipinski definition) is 4. The third-order valence-corrected chi connectivity index (χ3v) is 3.59. The summed E-state index contributed by atoms with van der Waals surface area (Å²) in [7, 11) is 1.64. The van der Waals surface area contributed by atoms with Crippen molar-refractivity contribution in [3.05, 3.63) is 42.5 Å². The Balaban J connectivity index is 1.93. The van der Waals surface area contributed by atoms with Crippen LogP contribution in [0.3, 0.4) is 0 Å². The summed E-state index contributed by atoms with van der Waals surface area (Å²) in [5.41, 5.74) is 2.57. The summed E-state index contributed by atoms with van der Waals surface area (Å²) >= 11 is 0. The lowest BCUT2D eigenvalue weighted by Gasteiger charge is -2.05. The summed E-state index contributed by atoms with van der Waals surface area (Å²) in [4.78, 5) is 16.3. The average molecular weight is 324 g/mol. The van der Waals surface area contributed by atoms with Gasteiger partial charge >= 0.3 is 0 Å². The Morgan fingerprint density at radius 1 is 1.21 bits per heavy atom. The van der Waals surface area contributed by atoms with Crippen molar-refractivity contribution >= 4 is 17.5 Å². The second-order valence-corrected chi connectivity index (χ2v) is 5.99. The second-order valence-electron chi connectivity index (χ2n) is 5.99. The van der Waals surface area contributed by atoms with Crippen molar-refractivity contribution in [2.24, 2.45) is 5.92 Å². The predicted molar refractivity (Wildman–Crippen MR) is 93.1 cm³/mol. The maximum absolute atomic E-state index is 11.9. The molecule has 6 heteroatoms. The molecule has 0 aliphatic heterocycles. The zero-order chi connectivity index (χ0) is 17.1. The van der Waals surface area contributed by atoms with Gasteiger partial charge in [-0.2, -0.15) is 4.98 Å². The molecule has 1 N–H and O–H groups in total. The number of rotatable bonds is 5. The van der Waals surface area contributed by atoms with E-state index in [0.717, 1.165) is 17.0 Å². The third kappa shape index (κ3) is 3.37. The summed E-state index contributed by atoms with van der Waals surface area (Å²) in [5.74, 6) is 1.33. The molecule has 0 unspecified atom stereocenters. The van der Waals surface area contributed by atoms with Crippen LogP contribution in [0.1, 0.15) is 20.3 Å². The Labute approximate surface area is 140 Å². The number of methoxy groups -OCH3 is 1. The van der Waals surface area contributed by atoms with E-state index >= 15 is 0 Å². The molecule has 1 aromatic carbocycles. The van der Waals surface area contributed by atoms with Crippen LogP contribution in [0, 0.1) is 5.92 Å². The molecule has 3 rings (SSSR count). The highest BCUT2D eigenvalue weighted by Gasteiger charge is 2.12. The van der Waals surface area contributed by atoms with Gasteiger partial charge in [0.15, 0.2) is 5.65 Å². The lowest BCUT2D eigenvalue weighted by atomic mass is 10.1. The molecule has 6 nitrogen and oxygen atoms in total. The predicted octanol–water partition coefficient (Wildman–Crippen LogP) is 3.39. The molecule has 0 spiro atoms. The van der Waals surface area contributed by atoms with E-state index in [4.69, 9.17) is 4.74 Å². The first-order valence-corrected chi connectivity index (χ1v) is 7.87. The Hall–Kier alpha value is -2.89. The van der Waals surface area contributed by atoms with Gasteiger partial charge in [0.1, 0.15) is 5.75 Å². The number of benzene rings is 1. The first-order valence-electron chi connectivity index (χ1n) is 7.87.